The van der Waals surface area contributed by atoms with Gasteiger partial charge in [-0.2, -0.15) is 0 Å². The molecule has 1 unspecified atom stereocenters. The van der Waals surface area contributed by atoms with Gasteiger partial charge in [-0.3, -0.25) is 0 Å². The average molecular weight is 200 g/mol. The first-order valence-corrected chi connectivity index (χ1v) is 5.53. The maximum atomic E-state index is 10.2. The van der Waals surface area contributed by atoms with Crippen molar-refractivity contribution in [3.63, 3.8) is 0 Å². The number of hydrogen-bond acceptors (Lipinski definition) is 4. The van der Waals surface area contributed by atoms with Crippen molar-refractivity contribution >= 4 is 0 Å². The molecule has 2 fully saturated rings. The first kappa shape index (κ1) is 10.4. The molecule has 0 aromatic carbocycles. The molecular formula is C10H20N2O2. The summed E-state index contributed by atoms with van der Waals surface area (Å²) >= 11 is 0. The summed E-state index contributed by atoms with van der Waals surface area (Å²) in [6.07, 6.45) is 2.70. The lowest BCUT2D eigenvalue weighted by Gasteiger charge is -2.33. The summed E-state index contributed by atoms with van der Waals surface area (Å²) in [5.41, 5.74) is -0.527. The summed E-state index contributed by atoms with van der Waals surface area (Å²) in [6, 6.07) is 0.543. The van der Waals surface area contributed by atoms with Crippen molar-refractivity contribution in [3.05, 3.63) is 0 Å². The second-order valence-electron chi connectivity index (χ2n) is 4.41. The van der Waals surface area contributed by atoms with Gasteiger partial charge in [-0.15, -0.1) is 0 Å². The molecular weight excluding hydrogens is 180 g/mol. The van der Waals surface area contributed by atoms with E-state index in [0.29, 0.717) is 25.8 Å². The lowest BCUT2D eigenvalue weighted by Crippen LogP contribution is -2.48. The Kier molecular flexibility index (Phi) is 3.38. The lowest BCUT2D eigenvalue weighted by molar-refractivity contribution is -0.0625. The highest BCUT2D eigenvalue weighted by atomic mass is 16.5. The van der Waals surface area contributed by atoms with E-state index in [-0.39, 0.29) is 0 Å². The number of aliphatic hydroxyl groups is 1. The Morgan fingerprint density at radius 2 is 2.21 bits per heavy atom. The Labute approximate surface area is 85.0 Å². The molecule has 1 atom stereocenters. The summed E-state index contributed by atoms with van der Waals surface area (Å²) in [7, 11) is 0. The zero-order valence-electron chi connectivity index (χ0n) is 8.59. The van der Waals surface area contributed by atoms with Crippen LogP contribution in [0.25, 0.3) is 0 Å². The van der Waals surface area contributed by atoms with Gasteiger partial charge in [-0.1, -0.05) is 0 Å². The summed E-state index contributed by atoms with van der Waals surface area (Å²) in [6.45, 7) is 4.23. The molecule has 0 spiro atoms. The van der Waals surface area contributed by atoms with Crippen LogP contribution in [-0.2, 0) is 4.74 Å². The highest BCUT2D eigenvalue weighted by molar-refractivity contribution is 4.87. The normalized spacial score (nSPS) is 31.9. The van der Waals surface area contributed by atoms with E-state index < -0.39 is 5.60 Å². The smallest absolute Gasteiger partial charge is 0.0815 e. The van der Waals surface area contributed by atoms with Crippen molar-refractivity contribution < 1.29 is 9.84 Å². The fourth-order valence-electron chi connectivity index (χ4n) is 2.09. The quantitative estimate of drug-likeness (QED) is 0.574. The molecule has 4 heteroatoms. The highest BCUT2D eigenvalue weighted by Gasteiger charge is 2.30. The summed E-state index contributed by atoms with van der Waals surface area (Å²) in [5, 5.41) is 16.9. The summed E-state index contributed by atoms with van der Waals surface area (Å²) in [5.74, 6) is 0. The van der Waals surface area contributed by atoms with Crippen molar-refractivity contribution in [2.24, 2.45) is 0 Å². The third-order valence-corrected chi connectivity index (χ3v) is 3.20. The molecule has 0 aromatic heterocycles. The molecule has 0 saturated carbocycles. The molecule has 0 radical (unpaired) electrons. The Balaban J connectivity index is 1.72. The summed E-state index contributed by atoms with van der Waals surface area (Å²) in [4.78, 5) is 0. The second kappa shape index (κ2) is 4.57. The van der Waals surface area contributed by atoms with Crippen LogP contribution < -0.4 is 10.6 Å². The monoisotopic (exact) mass is 200 g/mol. The highest BCUT2D eigenvalue weighted by Crippen LogP contribution is 2.19. The molecule has 2 rings (SSSR count). The molecule has 0 aliphatic carbocycles. The third kappa shape index (κ3) is 2.67. The van der Waals surface area contributed by atoms with Crippen molar-refractivity contribution in [3.8, 4) is 0 Å². The minimum atomic E-state index is -0.527. The van der Waals surface area contributed by atoms with Crippen LogP contribution in [0.2, 0.25) is 0 Å². The SMILES string of the molecule is OC1(CNC2CCNC2)CCOCC1. The van der Waals surface area contributed by atoms with Gasteiger partial charge in [0.1, 0.15) is 0 Å². The number of ether oxygens (including phenoxy) is 1. The molecule has 4 nitrogen and oxygen atoms in total. The predicted octanol–water partition coefficient (Wildman–Crippen LogP) is -0.521. The predicted molar refractivity (Wildman–Crippen MR) is 54.3 cm³/mol. The van der Waals surface area contributed by atoms with Crippen molar-refractivity contribution in [1.29, 1.82) is 0 Å². The molecule has 14 heavy (non-hydrogen) atoms. The number of nitrogens with one attached hydrogen (secondary N) is 2. The van der Waals surface area contributed by atoms with Crippen LogP contribution in [0.5, 0.6) is 0 Å². The Hall–Kier alpha value is -0.160. The minimum Gasteiger partial charge on any atom is -0.388 e. The molecule has 3 N–H and O–H groups in total. The fourth-order valence-corrected chi connectivity index (χ4v) is 2.09. The third-order valence-electron chi connectivity index (χ3n) is 3.20. The van der Waals surface area contributed by atoms with Gasteiger partial charge in [0.15, 0.2) is 0 Å². The molecule has 2 heterocycles. The minimum absolute atomic E-state index is 0.527. The van der Waals surface area contributed by atoms with Crippen LogP contribution >= 0.6 is 0 Å². The van der Waals surface area contributed by atoms with Crippen LogP contribution in [-0.4, -0.2) is 49.6 Å². The zero-order chi connectivity index (χ0) is 9.86. The van der Waals surface area contributed by atoms with Crippen LogP contribution in [0.3, 0.4) is 0 Å². The van der Waals surface area contributed by atoms with E-state index in [2.05, 4.69) is 10.6 Å². The molecule has 0 bridgehead atoms. The van der Waals surface area contributed by atoms with Gasteiger partial charge >= 0.3 is 0 Å². The molecule has 0 amide bonds. The van der Waals surface area contributed by atoms with Crippen LogP contribution in [0, 0.1) is 0 Å². The molecule has 2 saturated heterocycles. The Bertz CT molecular complexity index is 175. The maximum Gasteiger partial charge on any atom is 0.0815 e. The van der Waals surface area contributed by atoms with Crippen LogP contribution in [0.15, 0.2) is 0 Å². The standard InChI is InChI=1S/C10H20N2O2/c13-10(2-5-14-6-3-10)8-12-9-1-4-11-7-9/h9,11-13H,1-8H2. The summed E-state index contributed by atoms with van der Waals surface area (Å²) < 4.78 is 5.24. The van der Waals surface area contributed by atoms with E-state index in [1.165, 1.54) is 6.42 Å². The average Bonchev–Trinajstić information content (AvgIpc) is 2.69. The first-order chi connectivity index (χ1) is 6.79. The van der Waals surface area contributed by atoms with E-state index in [0.717, 1.165) is 25.9 Å². The van der Waals surface area contributed by atoms with Crippen molar-refractivity contribution in [2.45, 2.75) is 30.9 Å². The van der Waals surface area contributed by atoms with E-state index in [1.54, 1.807) is 0 Å². The molecule has 2 aliphatic heterocycles. The molecule has 0 aromatic rings. The van der Waals surface area contributed by atoms with Crippen molar-refractivity contribution in [1.82, 2.24) is 10.6 Å². The van der Waals surface area contributed by atoms with Crippen LogP contribution in [0.4, 0.5) is 0 Å². The second-order valence-corrected chi connectivity index (χ2v) is 4.41. The zero-order valence-corrected chi connectivity index (χ0v) is 8.59. The van der Waals surface area contributed by atoms with Gasteiger partial charge in [0, 0.05) is 45.2 Å². The van der Waals surface area contributed by atoms with Gasteiger partial charge < -0.3 is 20.5 Å². The van der Waals surface area contributed by atoms with Crippen LogP contribution in [0.1, 0.15) is 19.3 Å². The molecule has 2 aliphatic rings. The van der Waals surface area contributed by atoms with E-state index in [4.69, 9.17) is 4.74 Å². The van der Waals surface area contributed by atoms with E-state index in [9.17, 15) is 5.11 Å². The lowest BCUT2D eigenvalue weighted by atomic mass is 9.94. The number of rotatable bonds is 3. The molecule has 82 valence electrons. The Morgan fingerprint density at radius 3 is 2.86 bits per heavy atom. The fraction of sp³-hybridized carbons (Fsp3) is 1.00. The van der Waals surface area contributed by atoms with E-state index in [1.807, 2.05) is 0 Å². The first-order valence-electron chi connectivity index (χ1n) is 5.53. The van der Waals surface area contributed by atoms with Crippen molar-refractivity contribution in [2.75, 3.05) is 32.8 Å². The van der Waals surface area contributed by atoms with E-state index >= 15 is 0 Å². The topological polar surface area (TPSA) is 53.5 Å². The van der Waals surface area contributed by atoms with Gasteiger partial charge in [-0.25, -0.2) is 0 Å². The van der Waals surface area contributed by atoms with Gasteiger partial charge in [0.2, 0.25) is 0 Å². The van der Waals surface area contributed by atoms with Gasteiger partial charge in [-0.05, 0) is 13.0 Å². The van der Waals surface area contributed by atoms with Gasteiger partial charge in [0.05, 0.1) is 5.60 Å². The van der Waals surface area contributed by atoms with Gasteiger partial charge in [0.25, 0.3) is 0 Å². The Morgan fingerprint density at radius 1 is 1.43 bits per heavy atom. The number of hydrogen-bond donors (Lipinski definition) is 3. The maximum absolute atomic E-state index is 10.2. The largest absolute Gasteiger partial charge is 0.388 e.